The number of carbonyl (C=O) groups is 6. The van der Waals surface area contributed by atoms with Gasteiger partial charge in [-0.3, -0.25) is 39.6 Å². The summed E-state index contributed by atoms with van der Waals surface area (Å²) in [5.74, 6) is -2.93. The number of nitrogens with two attached hydrogens (primary N) is 2. The lowest BCUT2D eigenvalue weighted by molar-refractivity contribution is -0.145. The second-order valence-corrected chi connectivity index (χ2v) is 18.6. The van der Waals surface area contributed by atoms with Crippen molar-refractivity contribution in [3.8, 4) is 5.75 Å². The van der Waals surface area contributed by atoms with Crippen LogP contribution in [-0.2, 0) is 41.1 Å². The molecular weight excluding hydrogens is 795 g/mol. The summed E-state index contributed by atoms with van der Waals surface area (Å²) in [6.07, 6.45) is -0.470. The van der Waals surface area contributed by atoms with Gasteiger partial charge in [-0.25, -0.2) is 9.59 Å². The van der Waals surface area contributed by atoms with E-state index < -0.39 is 75.3 Å². The fourth-order valence-electron chi connectivity index (χ4n) is 13.3. The Morgan fingerprint density at radius 3 is 1.55 bits per heavy atom. The summed E-state index contributed by atoms with van der Waals surface area (Å²) in [6.45, 7) is 8.67. The number of nitrogens with one attached hydrogen (secondary N) is 2. The van der Waals surface area contributed by atoms with Crippen LogP contribution >= 0.6 is 0 Å². The first kappa shape index (κ1) is 42.7. The number of fused-ring (bicyclic) bond motifs is 6. The average Bonchev–Trinajstić information content (AvgIpc) is 3.94. The molecule has 3 heterocycles. The van der Waals surface area contributed by atoms with Crippen LogP contribution in [0.25, 0.3) is 0 Å². The molecule has 16 heteroatoms. The molecule has 4 aliphatic carbocycles. The lowest BCUT2D eigenvalue weighted by atomic mass is 9.56. The van der Waals surface area contributed by atoms with Crippen molar-refractivity contribution in [2.45, 2.75) is 118 Å². The molecule has 3 aromatic rings. The number of likely N-dealkylation sites (tertiary alicyclic amines) is 2. The van der Waals surface area contributed by atoms with Crippen molar-refractivity contribution in [2.75, 3.05) is 18.0 Å². The SMILES string of the molecule is CC1C[C@@H](C2CCCN2[C@@]2(C(=O)NC(=O)O)c3ccc(cc3)C2(C)CC(N)=O)N(c2ccc(O)cc2)[C@]1(C)C1CCCN1[C@@]1(C(=O)NC(=O)O)c2ccc(cc2)C1(C)CC(N)=O. The van der Waals surface area contributed by atoms with Crippen molar-refractivity contribution in [2.24, 2.45) is 17.4 Å². The van der Waals surface area contributed by atoms with Gasteiger partial charge in [0, 0.05) is 47.5 Å². The number of imide groups is 2. The summed E-state index contributed by atoms with van der Waals surface area (Å²) in [6, 6.07) is 20.3. The molecule has 10 rings (SSSR count). The van der Waals surface area contributed by atoms with Gasteiger partial charge in [0.2, 0.25) is 11.8 Å². The molecule has 9 N–H and O–H groups in total. The van der Waals surface area contributed by atoms with E-state index in [-0.39, 0.29) is 30.6 Å². The van der Waals surface area contributed by atoms with Crippen LogP contribution < -0.4 is 27.0 Å². The Kier molecular flexibility index (Phi) is 10.2. The maximum Gasteiger partial charge on any atom is 0.411 e. The number of anilines is 1. The molecule has 7 aliphatic rings. The van der Waals surface area contributed by atoms with Crippen LogP contribution in [0.1, 0.15) is 94.9 Å². The molecule has 3 saturated heterocycles. The second-order valence-electron chi connectivity index (χ2n) is 18.6. The number of carboxylic acid groups (broad SMARTS) is 2. The first-order valence-corrected chi connectivity index (χ1v) is 21.3. The third-order valence-corrected chi connectivity index (χ3v) is 15.7. The van der Waals surface area contributed by atoms with E-state index in [1.165, 1.54) is 0 Å². The molecule has 328 valence electrons. The van der Waals surface area contributed by atoms with E-state index in [0.717, 1.165) is 5.69 Å². The molecule has 4 bridgehead atoms. The Morgan fingerprint density at radius 2 is 1.08 bits per heavy atom. The third-order valence-electron chi connectivity index (χ3n) is 15.7. The van der Waals surface area contributed by atoms with E-state index in [0.29, 0.717) is 67.4 Å². The van der Waals surface area contributed by atoms with E-state index in [9.17, 15) is 44.1 Å². The summed E-state index contributed by atoms with van der Waals surface area (Å²) in [5.41, 5.74) is 8.36. The van der Waals surface area contributed by atoms with Crippen LogP contribution in [0.5, 0.6) is 5.75 Å². The van der Waals surface area contributed by atoms with Crippen LogP contribution in [0.2, 0.25) is 0 Å². The van der Waals surface area contributed by atoms with E-state index in [2.05, 4.69) is 39.2 Å². The fraction of sp³-hybridized carbons (Fsp3) is 0.478. The minimum absolute atomic E-state index is 0.0534. The first-order valence-electron chi connectivity index (χ1n) is 21.3. The van der Waals surface area contributed by atoms with Gasteiger partial charge in [0.25, 0.3) is 11.8 Å². The molecule has 16 nitrogen and oxygen atoms in total. The van der Waals surface area contributed by atoms with Gasteiger partial charge in [-0.15, -0.1) is 0 Å². The number of rotatable bonds is 11. The van der Waals surface area contributed by atoms with Crippen LogP contribution in [0.15, 0.2) is 72.8 Å². The highest BCUT2D eigenvalue weighted by Gasteiger charge is 2.70. The molecule has 3 aliphatic heterocycles. The Labute approximate surface area is 359 Å². The molecule has 0 spiro atoms. The largest absolute Gasteiger partial charge is 0.508 e. The molecule has 9 atom stereocenters. The van der Waals surface area contributed by atoms with Gasteiger partial charge < -0.3 is 31.7 Å². The van der Waals surface area contributed by atoms with E-state index >= 15 is 0 Å². The van der Waals surface area contributed by atoms with E-state index in [1.807, 2.05) is 60.7 Å². The van der Waals surface area contributed by atoms with E-state index in [1.54, 1.807) is 26.0 Å². The van der Waals surface area contributed by atoms with E-state index in [4.69, 9.17) is 11.5 Å². The quantitative estimate of drug-likeness (QED) is 0.145. The third kappa shape index (κ3) is 5.78. The maximum atomic E-state index is 14.9. The number of hydrogen-bond donors (Lipinski definition) is 7. The summed E-state index contributed by atoms with van der Waals surface area (Å²) < 4.78 is 0. The average molecular weight is 850 g/mol. The number of nitrogens with zero attached hydrogens (tertiary/aromatic N) is 3. The molecule has 5 unspecified atom stereocenters. The molecule has 0 radical (unpaired) electrons. The van der Waals surface area contributed by atoms with Crippen LogP contribution in [-0.4, -0.2) is 97.7 Å². The standard InChI is InChI=1S/C46H55N7O9/c1-26-23-34(33-7-5-21-51(33)45(38(57)49-40(59)60)29-13-9-27(10-14-29)42(45,2)24-36(47)55)53(31-17-19-32(54)20-18-31)44(26,4)35-8-6-22-52(35)46(39(58)50-41(61)62)30-15-11-28(12-16-30)43(46,3)25-37(48)56/h9-20,26,33-35,54H,5-8,21-25H2,1-4H3,(H2,47,55)(H2,48,56)(H,49,57)(H,50,58)(H,59,60)(H,61,62)/t26?,33?,34-,35?,42?,43?,44-,45+,46+/m0/s1. The van der Waals surface area contributed by atoms with Gasteiger partial charge >= 0.3 is 12.2 Å². The van der Waals surface area contributed by atoms with Crippen LogP contribution in [0.3, 0.4) is 0 Å². The van der Waals surface area contributed by atoms with Gasteiger partial charge in [-0.1, -0.05) is 69.3 Å². The Balaban J connectivity index is 1.31. The highest BCUT2D eigenvalue weighted by molar-refractivity contribution is 6.01. The highest BCUT2D eigenvalue weighted by Crippen LogP contribution is 2.61. The lowest BCUT2D eigenvalue weighted by Gasteiger charge is -2.60. The van der Waals surface area contributed by atoms with Crippen molar-refractivity contribution in [1.29, 1.82) is 0 Å². The minimum atomic E-state index is -1.68. The van der Waals surface area contributed by atoms with Gasteiger partial charge in [0.15, 0.2) is 0 Å². The monoisotopic (exact) mass is 849 g/mol. The number of hydrogen-bond acceptors (Lipinski definition) is 10. The zero-order valence-electron chi connectivity index (χ0n) is 35.4. The Morgan fingerprint density at radius 1 is 0.645 bits per heavy atom. The predicted octanol–water partition coefficient (Wildman–Crippen LogP) is 3.97. The number of primary amides is 2. The van der Waals surface area contributed by atoms with Crippen molar-refractivity contribution in [3.63, 3.8) is 0 Å². The molecule has 62 heavy (non-hydrogen) atoms. The Bertz CT molecular complexity index is 2340. The van der Waals surface area contributed by atoms with Crippen LogP contribution in [0, 0.1) is 5.92 Å². The van der Waals surface area contributed by atoms with Crippen molar-refractivity contribution < 1.29 is 44.1 Å². The normalized spacial score (nSPS) is 33.7. The zero-order valence-corrected chi connectivity index (χ0v) is 35.4. The molecule has 3 fully saturated rings. The first-order chi connectivity index (χ1) is 29.3. The number of aromatic hydroxyl groups is 1. The summed E-state index contributed by atoms with van der Waals surface area (Å²) >= 11 is 0. The minimum Gasteiger partial charge on any atom is -0.508 e. The lowest BCUT2D eigenvalue weighted by Crippen LogP contribution is -2.74. The van der Waals surface area contributed by atoms with Gasteiger partial charge in [0.05, 0.1) is 5.54 Å². The van der Waals surface area contributed by atoms with Gasteiger partial charge in [-0.05, 0) is 105 Å². The van der Waals surface area contributed by atoms with Gasteiger partial charge in [-0.2, -0.15) is 0 Å². The topological polar surface area (TPSA) is 249 Å². The Hall–Kier alpha value is -6.00. The molecular formula is C46H55N7O9. The van der Waals surface area contributed by atoms with Crippen molar-refractivity contribution in [3.05, 3.63) is 95.1 Å². The summed E-state index contributed by atoms with van der Waals surface area (Å²) in [4.78, 5) is 87.1. The highest BCUT2D eigenvalue weighted by atomic mass is 16.4. The van der Waals surface area contributed by atoms with Crippen molar-refractivity contribution in [1.82, 2.24) is 20.4 Å². The number of amides is 6. The fourth-order valence-corrected chi connectivity index (χ4v) is 13.3. The molecule has 3 aromatic carbocycles. The molecule has 0 saturated carbocycles. The summed E-state index contributed by atoms with van der Waals surface area (Å²) in [7, 11) is 0. The zero-order chi connectivity index (χ0) is 44.7. The number of carbonyl (C=O) groups excluding carboxylic acids is 4. The number of phenolic OH excluding ortho intramolecular Hbond substituents is 1. The van der Waals surface area contributed by atoms with Gasteiger partial charge in [0.1, 0.15) is 16.8 Å². The maximum absolute atomic E-state index is 14.9. The smallest absolute Gasteiger partial charge is 0.411 e. The second kappa shape index (κ2) is 14.8. The van der Waals surface area contributed by atoms with Crippen molar-refractivity contribution >= 4 is 41.5 Å². The molecule has 0 aromatic heterocycles. The van der Waals surface area contributed by atoms with Crippen LogP contribution in [0.4, 0.5) is 15.3 Å². The predicted molar refractivity (Wildman–Crippen MR) is 227 cm³/mol. The number of phenols is 1. The number of benzene rings is 3. The summed E-state index contributed by atoms with van der Waals surface area (Å²) in [5, 5.41) is 35.1. The molecule has 6 amide bonds.